The summed E-state index contributed by atoms with van der Waals surface area (Å²) in [7, 11) is 0. The van der Waals surface area contributed by atoms with Gasteiger partial charge >= 0.3 is 0 Å². The number of hydrogen-bond donors (Lipinski definition) is 2. The van der Waals surface area contributed by atoms with Gasteiger partial charge in [0, 0.05) is 11.9 Å². The number of fused-ring (bicyclic) bond motifs is 3. The van der Waals surface area contributed by atoms with Gasteiger partial charge in [-0.05, 0) is 30.9 Å². The molecule has 1 aliphatic carbocycles. The molecule has 1 fully saturated rings. The van der Waals surface area contributed by atoms with Crippen LogP contribution >= 0.6 is 0 Å². The van der Waals surface area contributed by atoms with Gasteiger partial charge in [0.25, 0.3) is 0 Å². The van der Waals surface area contributed by atoms with Crippen molar-refractivity contribution >= 4 is 27.9 Å². The number of rotatable bonds is 4. The van der Waals surface area contributed by atoms with E-state index in [4.69, 9.17) is 4.42 Å². The molecule has 0 aliphatic heterocycles. The molecule has 1 unspecified atom stereocenters. The quantitative estimate of drug-likeness (QED) is 0.773. The highest BCUT2D eigenvalue weighted by atomic mass is 16.3. The number of aromatic nitrogens is 2. The maximum atomic E-state index is 10.3. The maximum Gasteiger partial charge on any atom is 0.196 e. The first-order valence-electron chi connectivity index (χ1n) is 7.87. The summed E-state index contributed by atoms with van der Waals surface area (Å²) in [6.07, 6.45) is 5.89. The molecule has 3 aromatic rings. The van der Waals surface area contributed by atoms with Crippen LogP contribution in [-0.2, 0) is 0 Å². The lowest BCUT2D eigenvalue weighted by Gasteiger charge is -2.18. The summed E-state index contributed by atoms with van der Waals surface area (Å²) in [4.78, 5) is 8.60. The van der Waals surface area contributed by atoms with Gasteiger partial charge < -0.3 is 14.8 Å². The summed E-state index contributed by atoms with van der Waals surface area (Å²) in [6, 6.07) is 7.82. The monoisotopic (exact) mass is 297 g/mol. The van der Waals surface area contributed by atoms with E-state index in [0.29, 0.717) is 23.9 Å². The van der Waals surface area contributed by atoms with Crippen molar-refractivity contribution in [3.63, 3.8) is 0 Å². The fraction of sp³-hybridized carbons (Fsp3) is 0.412. The van der Waals surface area contributed by atoms with E-state index in [1.54, 1.807) is 0 Å². The molecule has 2 N–H and O–H groups in total. The Morgan fingerprint density at radius 1 is 1.23 bits per heavy atom. The van der Waals surface area contributed by atoms with Crippen LogP contribution in [0.2, 0.25) is 0 Å². The Labute approximate surface area is 128 Å². The Kier molecular flexibility index (Phi) is 3.42. The summed E-state index contributed by atoms with van der Waals surface area (Å²) in [5.74, 6) is 1.05. The van der Waals surface area contributed by atoms with E-state index in [0.717, 1.165) is 29.3 Å². The second-order valence-corrected chi connectivity index (χ2v) is 5.99. The molecule has 4 rings (SSSR count). The maximum absolute atomic E-state index is 10.3. The van der Waals surface area contributed by atoms with Crippen molar-refractivity contribution in [3.05, 3.63) is 30.6 Å². The number of nitrogens with one attached hydrogen (secondary N) is 1. The zero-order valence-corrected chi connectivity index (χ0v) is 12.3. The highest BCUT2D eigenvalue weighted by Gasteiger charge is 2.23. The predicted octanol–water partition coefficient (Wildman–Crippen LogP) is 3.34. The second kappa shape index (κ2) is 5.57. The van der Waals surface area contributed by atoms with E-state index in [2.05, 4.69) is 15.3 Å². The number of nitrogens with zero attached hydrogens (tertiary/aromatic N) is 2. The van der Waals surface area contributed by atoms with Crippen molar-refractivity contribution in [3.8, 4) is 0 Å². The summed E-state index contributed by atoms with van der Waals surface area (Å²) >= 11 is 0. The van der Waals surface area contributed by atoms with Crippen LogP contribution in [0.15, 0.2) is 35.0 Å². The van der Waals surface area contributed by atoms with Gasteiger partial charge in [-0.3, -0.25) is 0 Å². The first kappa shape index (κ1) is 13.5. The van der Waals surface area contributed by atoms with Crippen LogP contribution in [0.25, 0.3) is 22.1 Å². The van der Waals surface area contributed by atoms with Crippen LogP contribution in [-0.4, -0.2) is 27.7 Å². The summed E-state index contributed by atoms with van der Waals surface area (Å²) < 4.78 is 5.87. The minimum absolute atomic E-state index is 0.336. The lowest BCUT2D eigenvalue weighted by Crippen LogP contribution is -2.27. The highest BCUT2D eigenvalue weighted by Crippen LogP contribution is 2.31. The van der Waals surface area contributed by atoms with E-state index in [1.807, 2.05) is 24.3 Å². The molecule has 22 heavy (non-hydrogen) atoms. The van der Waals surface area contributed by atoms with E-state index >= 15 is 0 Å². The van der Waals surface area contributed by atoms with E-state index in [9.17, 15) is 5.11 Å². The summed E-state index contributed by atoms with van der Waals surface area (Å²) in [5.41, 5.74) is 2.27. The fourth-order valence-corrected chi connectivity index (χ4v) is 3.36. The van der Waals surface area contributed by atoms with Gasteiger partial charge in [0.1, 0.15) is 17.4 Å². The van der Waals surface area contributed by atoms with Crippen molar-refractivity contribution in [2.45, 2.75) is 31.8 Å². The molecular weight excluding hydrogens is 278 g/mol. The molecule has 1 aromatic carbocycles. The van der Waals surface area contributed by atoms with Crippen LogP contribution in [0, 0.1) is 5.92 Å². The standard InChI is InChI=1S/C17H19N3O2/c21-13(11-5-1-2-6-11)9-18-17-16-15(19-10-20-17)12-7-3-4-8-14(12)22-16/h3-4,7-8,10-11,13,21H,1-2,5-6,9H2,(H,18,19,20). The van der Waals surface area contributed by atoms with Crippen LogP contribution < -0.4 is 5.32 Å². The number of para-hydroxylation sites is 1. The third-order valence-electron chi connectivity index (χ3n) is 4.58. The summed E-state index contributed by atoms with van der Waals surface area (Å²) in [6.45, 7) is 0.494. The van der Waals surface area contributed by atoms with Crippen molar-refractivity contribution in [1.29, 1.82) is 0 Å². The smallest absolute Gasteiger partial charge is 0.196 e. The van der Waals surface area contributed by atoms with Gasteiger partial charge in [-0.15, -0.1) is 0 Å². The molecule has 1 saturated carbocycles. The molecule has 1 aliphatic rings. The Morgan fingerprint density at radius 3 is 2.91 bits per heavy atom. The molecular formula is C17H19N3O2. The Bertz CT molecular complexity index is 793. The van der Waals surface area contributed by atoms with Gasteiger partial charge in [-0.1, -0.05) is 25.0 Å². The van der Waals surface area contributed by atoms with Crippen molar-refractivity contribution in [1.82, 2.24) is 9.97 Å². The number of aliphatic hydroxyl groups excluding tert-OH is 1. The normalized spacial score (nSPS) is 17.3. The molecule has 0 bridgehead atoms. The van der Waals surface area contributed by atoms with Crippen LogP contribution in [0.3, 0.4) is 0 Å². The third kappa shape index (κ3) is 2.31. The molecule has 0 radical (unpaired) electrons. The van der Waals surface area contributed by atoms with Crippen LogP contribution in [0.1, 0.15) is 25.7 Å². The highest BCUT2D eigenvalue weighted by molar-refractivity contribution is 6.05. The summed E-state index contributed by atoms with van der Waals surface area (Å²) in [5, 5.41) is 14.5. The van der Waals surface area contributed by atoms with Crippen molar-refractivity contribution < 1.29 is 9.52 Å². The van der Waals surface area contributed by atoms with E-state index < -0.39 is 0 Å². The second-order valence-electron chi connectivity index (χ2n) is 5.99. The Morgan fingerprint density at radius 2 is 2.05 bits per heavy atom. The lowest BCUT2D eigenvalue weighted by molar-refractivity contribution is 0.123. The zero-order valence-electron chi connectivity index (χ0n) is 12.3. The van der Waals surface area contributed by atoms with Crippen molar-refractivity contribution in [2.75, 3.05) is 11.9 Å². The Hall–Kier alpha value is -2.14. The molecule has 1 atom stereocenters. The molecule has 0 spiro atoms. The lowest BCUT2D eigenvalue weighted by atomic mass is 10.0. The van der Waals surface area contributed by atoms with Crippen LogP contribution in [0.5, 0.6) is 0 Å². The average molecular weight is 297 g/mol. The van der Waals surface area contributed by atoms with Gasteiger partial charge in [-0.2, -0.15) is 0 Å². The Balaban J connectivity index is 1.61. The molecule has 2 aromatic heterocycles. The SMILES string of the molecule is OC(CNc1ncnc2c1oc1ccccc12)C1CCCC1. The zero-order chi connectivity index (χ0) is 14.9. The third-order valence-corrected chi connectivity index (χ3v) is 4.58. The molecule has 114 valence electrons. The fourth-order valence-electron chi connectivity index (χ4n) is 3.36. The average Bonchev–Trinajstić information content (AvgIpc) is 3.20. The minimum atomic E-state index is -0.336. The van der Waals surface area contributed by atoms with Gasteiger partial charge in [-0.25, -0.2) is 9.97 Å². The molecule has 5 heteroatoms. The number of aliphatic hydroxyl groups is 1. The molecule has 0 amide bonds. The number of anilines is 1. The first-order chi connectivity index (χ1) is 10.8. The van der Waals surface area contributed by atoms with Gasteiger partial charge in [0.2, 0.25) is 0 Å². The van der Waals surface area contributed by atoms with Crippen LogP contribution in [0.4, 0.5) is 5.82 Å². The predicted molar refractivity (Wildman–Crippen MR) is 85.8 cm³/mol. The minimum Gasteiger partial charge on any atom is -0.450 e. The van der Waals surface area contributed by atoms with E-state index in [-0.39, 0.29) is 6.10 Å². The van der Waals surface area contributed by atoms with Gasteiger partial charge in [0.05, 0.1) is 6.10 Å². The molecule has 0 saturated heterocycles. The van der Waals surface area contributed by atoms with E-state index in [1.165, 1.54) is 19.2 Å². The number of furan rings is 1. The number of hydrogen-bond acceptors (Lipinski definition) is 5. The molecule has 5 nitrogen and oxygen atoms in total. The van der Waals surface area contributed by atoms with Gasteiger partial charge in [0.15, 0.2) is 11.4 Å². The molecule has 2 heterocycles. The number of benzene rings is 1. The first-order valence-corrected chi connectivity index (χ1v) is 7.87. The van der Waals surface area contributed by atoms with Crippen molar-refractivity contribution in [2.24, 2.45) is 5.92 Å². The largest absolute Gasteiger partial charge is 0.450 e. The topological polar surface area (TPSA) is 71.2 Å².